The maximum absolute atomic E-state index is 13.7. The summed E-state index contributed by atoms with van der Waals surface area (Å²) in [6, 6.07) is 8.39. The molecule has 1 atom stereocenters. The number of hydrogen-bond donors (Lipinski definition) is 1. The van der Waals surface area contributed by atoms with E-state index in [9.17, 15) is 13.2 Å². The minimum absolute atomic E-state index is 0.217. The van der Waals surface area contributed by atoms with Crippen LogP contribution in [0.3, 0.4) is 0 Å². The molecule has 3 aromatic rings. The maximum Gasteiger partial charge on any atom is 0.256 e. The molecule has 2 saturated heterocycles. The van der Waals surface area contributed by atoms with E-state index in [1.807, 2.05) is 17.5 Å². The molecule has 11 heteroatoms. The molecule has 35 heavy (non-hydrogen) atoms. The van der Waals surface area contributed by atoms with Gasteiger partial charge in [0.1, 0.15) is 5.82 Å². The maximum atomic E-state index is 13.7. The van der Waals surface area contributed by atoms with Crippen LogP contribution >= 0.6 is 11.6 Å². The number of aryl methyl sites for hydroxylation is 1. The Kier molecular flexibility index (Phi) is 6.35. The first kappa shape index (κ1) is 23.9. The van der Waals surface area contributed by atoms with Crippen LogP contribution < -0.4 is 9.62 Å². The monoisotopic (exact) mass is 516 g/mol. The van der Waals surface area contributed by atoms with Gasteiger partial charge in [0, 0.05) is 42.5 Å². The number of halogens is 1. The summed E-state index contributed by atoms with van der Waals surface area (Å²) >= 11 is 6.19. The van der Waals surface area contributed by atoms with Crippen LogP contribution in [0.15, 0.2) is 30.3 Å². The zero-order valence-electron chi connectivity index (χ0n) is 19.9. The lowest BCUT2D eigenvalue weighted by Gasteiger charge is -2.35. The number of aromatic nitrogens is 3. The molecular formula is C24H29ClN6O3S. The van der Waals surface area contributed by atoms with Crippen LogP contribution in [0.5, 0.6) is 0 Å². The second-order valence-corrected chi connectivity index (χ2v) is 11.5. The topological polar surface area (TPSA) is 99.9 Å². The van der Waals surface area contributed by atoms with Gasteiger partial charge < -0.3 is 9.80 Å². The quantitative estimate of drug-likeness (QED) is 0.549. The van der Waals surface area contributed by atoms with Gasteiger partial charge in [0.15, 0.2) is 5.65 Å². The number of rotatable bonds is 5. The molecule has 1 unspecified atom stereocenters. The highest BCUT2D eigenvalue weighted by molar-refractivity contribution is 7.92. The lowest BCUT2D eigenvalue weighted by molar-refractivity contribution is 0.0607. The van der Waals surface area contributed by atoms with Crippen LogP contribution in [0.25, 0.3) is 5.65 Å². The van der Waals surface area contributed by atoms with Gasteiger partial charge in [-0.05, 0) is 57.2 Å². The van der Waals surface area contributed by atoms with E-state index in [4.69, 9.17) is 21.7 Å². The first-order chi connectivity index (χ1) is 16.7. The van der Waals surface area contributed by atoms with Crippen LogP contribution in [0.1, 0.15) is 59.9 Å². The van der Waals surface area contributed by atoms with Crippen molar-refractivity contribution >= 4 is 44.7 Å². The molecule has 1 amide bonds. The number of nitrogens with zero attached hydrogens (tertiary/aromatic N) is 5. The third-order valence-electron chi connectivity index (χ3n) is 6.65. The van der Waals surface area contributed by atoms with E-state index < -0.39 is 10.0 Å². The number of nitrogens with one attached hydrogen (secondary N) is 1. The molecule has 0 spiro atoms. The smallest absolute Gasteiger partial charge is 0.256 e. The van der Waals surface area contributed by atoms with Crippen molar-refractivity contribution in [3.63, 3.8) is 0 Å². The van der Waals surface area contributed by atoms with Crippen LogP contribution in [0, 0.1) is 6.92 Å². The molecule has 2 fully saturated rings. The normalized spacial score (nSPS) is 18.9. The molecule has 2 aliphatic heterocycles. The van der Waals surface area contributed by atoms with Crippen molar-refractivity contribution in [2.24, 2.45) is 0 Å². The van der Waals surface area contributed by atoms with Crippen LogP contribution in [0.4, 0.5) is 11.5 Å². The standard InChI is InChI=1S/C24H29ClN6O3S/c1-16-13-22(29-10-5-6-11-29)26-23-15-20(27-31(16)23)21-7-3-4-12-30(21)24(32)18-14-17(25)8-9-19(18)28-35(2,33)34/h8-9,13-15,21,28H,3-7,10-12H2,1-2H3. The molecule has 2 aromatic heterocycles. The zero-order chi connectivity index (χ0) is 24.7. The predicted molar refractivity (Wildman–Crippen MR) is 137 cm³/mol. The first-order valence-corrected chi connectivity index (χ1v) is 14.2. The summed E-state index contributed by atoms with van der Waals surface area (Å²) < 4.78 is 28.0. The molecule has 4 heterocycles. The van der Waals surface area contributed by atoms with Gasteiger partial charge in [-0.2, -0.15) is 5.10 Å². The number of hydrogen-bond acceptors (Lipinski definition) is 6. The van der Waals surface area contributed by atoms with Gasteiger partial charge in [0.25, 0.3) is 5.91 Å². The molecule has 0 saturated carbocycles. The number of benzene rings is 1. The Morgan fingerprint density at radius 3 is 2.57 bits per heavy atom. The number of fused-ring (bicyclic) bond motifs is 1. The molecule has 0 radical (unpaired) electrons. The van der Waals surface area contributed by atoms with Crippen molar-refractivity contribution in [3.05, 3.63) is 52.3 Å². The molecule has 1 N–H and O–H groups in total. The highest BCUT2D eigenvalue weighted by Gasteiger charge is 2.32. The van der Waals surface area contributed by atoms with Gasteiger partial charge in [0.05, 0.1) is 29.2 Å². The van der Waals surface area contributed by atoms with Crippen molar-refractivity contribution in [3.8, 4) is 0 Å². The number of amides is 1. The van der Waals surface area contributed by atoms with E-state index in [1.54, 1.807) is 11.0 Å². The summed E-state index contributed by atoms with van der Waals surface area (Å²) in [5.74, 6) is 0.689. The molecule has 0 bridgehead atoms. The summed E-state index contributed by atoms with van der Waals surface area (Å²) in [5, 5.41) is 5.20. The predicted octanol–water partition coefficient (Wildman–Crippen LogP) is 4.03. The highest BCUT2D eigenvalue weighted by atomic mass is 35.5. The molecule has 9 nitrogen and oxygen atoms in total. The number of anilines is 2. The fourth-order valence-corrected chi connectivity index (χ4v) is 5.77. The number of carbonyl (C=O) groups excluding carboxylic acids is 1. The number of piperidine rings is 1. The average Bonchev–Trinajstić information content (AvgIpc) is 3.49. The SMILES string of the molecule is Cc1cc(N2CCCC2)nc2cc(C3CCCCN3C(=O)c3cc(Cl)ccc3NS(C)(=O)=O)nn12. The van der Waals surface area contributed by atoms with Crippen molar-refractivity contribution in [2.45, 2.75) is 45.1 Å². The largest absolute Gasteiger partial charge is 0.356 e. The fourth-order valence-electron chi connectivity index (χ4n) is 5.02. The molecule has 0 aliphatic carbocycles. The Balaban J connectivity index is 1.50. The van der Waals surface area contributed by atoms with Gasteiger partial charge in [-0.25, -0.2) is 17.9 Å². The average molecular weight is 517 g/mol. The van der Waals surface area contributed by atoms with Crippen molar-refractivity contribution in [1.29, 1.82) is 0 Å². The van der Waals surface area contributed by atoms with Crippen molar-refractivity contribution in [2.75, 3.05) is 35.5 Å². The summed E-state index contributed by atoms with van der Waals surface area (Å²) in [4.78, 5) is 22.7. The molecule has 5 rings (SSSR count). The Morgan fingerprint density at radius 2 is 1.83 bits per heavy atom. The fraction of sp³-hybridized carbons (Fsp3) is 0.458. The minimum Gasteiger partial charge on any atom is -0.356 e. The van der Waals surface area contributed by atoms with Crippen molar-refractivity contribution < 1.29 is 13.2 Å². The van der Waals surface area contributed by atoms with E-state index >= 15 is 0 Å². The summed E-state index contributed by atoms with van der Waals surface area (Å²) in [5.41, 5.74) is 2.98. The molecule has 1 aromatic carbocycles. The van der Waals surface area contributed by atoms with Gasteiger partial charge in [-0.3, -0.25) is 9.52 Å². The number of carbonyl (C=O) groups is 1. The van der Waals surface area contributed by atoms with Crippen molar-refractivity contribution in [1.82, 2.24) is 19.5 Å². The van der Waals surface area contributed by atoms with E-state index in [0.29, 0.717) is 11.6 Å². The number of likely N-dealkylation sites (tertiary alicyclic amines) is 1. The Hall–Kier alpha value is -2.85. The van der Waals surface area contributed by atoms with Crippen LogP contribution in [-0.2, 0) is 10.0 Å². The number of sulfonamides is 1. The van der Waals surface area contributed by atoms with Gasteiger partial charge in [-0.15, -0.1) is 0 Å². The summed E-state index contributed by atoms with van der Waals surface area (Å²) in [6.45, 7) is 4.59. The first-order valence-electron chi connectivity index (χ1n) is 11.9. The van der Waals surface area contributed by atoms with Gasteiger partial charge in [-0.1, -0.05) is 11.6 Å². The van der Waals surface area contributed by atoms with Gasteiger partial charge in [0.2, 0.25) is 10.0 Å². The third-order valence-corrected chi connectivity index (χ3v) is 7.48. The van der Waals surface area contributed by atoms with E-state index in [1.165, 1.54) is 25.0 Å². The van der Waals surface area contributed by atoms with E-state index in [-0.39, 0.29) is 23.2 Å². The molecule has 2 aliphatic rings. The molecular weight excluding hydrogens is 488 g/mol. The van der Waals surface area contributed by atoms with E-state index in [2.05, 4.69) is 15.7 Å². The zero-order valence-corrected chi connectivity index (χ0v) is 21.4. The summed E-state index contributed by atoms with van der Waals surface area (Å²) in [7, 11) is -3.57. The molecule has 186 valence electrons. The van der Waals surface area contributed by atoms with Gasteiger partial charge >= 0.3 is 0 Å². The lowest BCUT2D eigenvalue weighted by Crippen LogP contribution is -2.39. The third kappa shape index (κ3) is 4.95. The Bertz CT molecular complexity index is 1380. The Labute approximate surface area is 210 Å². The van der Waals surface area contributed by atoms with Crippen LogP contribution in [-0.4, -0.2) is 59.7 Å². The van der Waals surface area contributed by atoms with E-state index in [0.717, 1.165) is 61.5 Å². The minimum atomic E-state index is -3.57. The van der Waals surface area contributed by atoms with Crippen LogP contribution in [0.2, 0.25) is 5.02 Å². The summed E-state index contributed by atoms with van der Waals surface area (Å²) in [6.07, 6.45) is 6.01. The second kappa shape index (κ2) is 9.31. The Morgan fingerprint density at radius 1 is 1.09 bits per heavy atom. The lowest BCUT2D eigenvalue weighted by atomic mass is 9.98. The second-order valence-electron chi connectivity index (χ2n) is 9.36. The highest BCUT2D eigenvalue weighted by Crippen LogP contribution is 2.34.